The largest absolute Gasteiger partial charge is 0.493 e. The van der Waals surface area contributed by atoms with Crippen LogP contribution in [0.3, 0.4) is 0 Å². The predicted octanol–water partition coefficient (Wildman–Crippen LogP) is 4.01. The zero-order chi connectivity index (χ0) is 24.5. The molecule has 0 heterocycles. The Bertz CT molecular complexity index is 1250. The number of rotatable bonds is 9. The highest BCUT2D eigenvalue weighted by Crippen LogP contribution is 2.29. The molecule has 3 aromatic carbocycles. The molecule has 34 heavy (non-hydrogen) atoms. The maximum absolute atomic E-state index is 12.4. The number of amides is 1. The molecule has 0 aliphatic rings. The van der Waals surface area contributed by atoms with Crippen molar-refractivity contribution >= 4 is 35.4 Å². The second-order valence-electron chi connectivity index (χ2n) is 6.59. The molecule has 0 spiro atoms. The van der Waals surface area contributed by atoms with Crippen LogP contribution in [-0.4, -0.2) is 36.7 Å². The van der Waals surface area contributed by atoms with Gasteiger partial charge in [0.1, 0.15) is 0 Å². The molecule has 0 aromatic heterocycles. The third-order valence-corrected chi connectivity index (χ3v) is 4.64. The van der Waals surface area contributed by atoms with E-state index >= 15 is 0 Å². The van der Waals surface area contributed by atoms with Gasteiger partial charge in [-0.15, -0.1) is 0 Å². The van der Waals surface area contributed by atoms with E-state index in [0.29, 0.717) is 5.56 Å². The molecule has 0 aliphatic heterocycles. The summed E-state index contributed by atoms with van der Waals surface area (Å²) in [7, 11) is 1.41. The monoisotopic (exact) mass is 483 g/mol. The summed E-state index contributed by atoms with van der Waals surface area (Å²) in [5, 5.41) is 15.1. The van der Waals surface area contributed by atoms with E-state index in [-0.39, 0.29) is 33.5 Å². The Balaban J connectivity index is 1.59. The molecule has 0 aliphatic carbocycles. The highest BCUT2D eigenvalue weighted by Gasteiger charge is 2.16. The summed E-state index contributed by atoms with van der Waals surface area (Å²) in [5.41, 5.74) is 2.76. The van der Waals surface area contributed by atoms with Crippen molar-refractivity contribution in [2.45, 2.75) is 0 Å². The first-order chi connectivity index (χ1) is 16.4. The fourth-order valence-electron chi connectivity index (χ4n) is 2.71. The number of nitro benzene ring substituents is 1. The number of hydrazone groups is 1. The first kappa shape index (κ1) is 24.2. The Morgan fingerprint density at radius 3 is 2.53 bits per heavy atom. The minimum absolute atomic E-state index is 0.0294. The van der Waals surface area contributed by atoms with E-state index < -0.39 is 23.4 Å². The molecule has 174 valence electrons. The number of nitrogens with one attached hydrogen (secondary N) is 1. The number of nitro groups is 1. The van der Waals surface area contributed by atoms with E-state index in [1.165, 1.54) is 37.6 Å². The Hall–Kier alpha value is -4.44. The fraction of sp³-hybridized carbons (Fsp3) is 0.0870. The molecule has 1 N–H and O–H groups in total. The van der Waals surface area contributed by atoms with Crippen LogP contribution in [0.5, 0.6) is 17.2 Å². The van der Waals surface area contributed by atoms with E-state index in [1.54, 1.807) is 42.5 Å². The van der Waals surface area contributed by atoms with Gasteiger partial charge >= 0.3 is 11.7 Å². The summed E-state index contributed by atoms with van der Waals surface area (Å²) in [6.45, 7) is -0.470. The molecular weight excluding hydrogens is 466 g/mol. The number of para-hydroxylation sites is 2. The van der Waals surface area contributed by atoms with Gasteiger partial charge in [-0.05, 0) is 42.0 Å². The molecule has 10 nitrogen and oxygen atoms in total. The number of ether oxygens (including phenoxy) is 3. The van der Waals surface area contributed by atoms with Gasteiger partial charge in [0, 0.05) is 6.07 Å². The molecule has 0 saturated heterocycles. The van der Waals surface area contributed by atoms with Crippen molar-refractivity contribution in [1.82, 2.24) is 5.43 Å². The van der Waals surface area contributed by atoms with Gasteiger partial charge in [0.15, 0.2) is 23.9 Å². The molecular formula is C23H18ClN3O7. The van der Waals surface area contributed by atoms with Gasteiger partial charge in [-0.25, -0.2) is 10.2 Å². The Kier molecular flexibility index (Phi) is 8.14. The van der Waals surface area contributed by atoms with Crippen LogP contribution in [0.15, 0.2) is 71.8 Å². The average molecular weight is 484 g/mol. The smallest absolute Gasteiger partial charge is 0.345 e. The van der Waals surface area contributed by atoms with Gasteiger partial charge in [0.2, 0.25) is 0 Å². The summed E-state index contributed by atoms with van der Waals surface area (Å²) in [4.78, 5) is 34.7. The maximum atomic E-state index is 12.4. The zero-order valence-corrected chi connectivity index (χ0v) is 18.5. The van der Waals surface area contributed by atoms with E-state index in [9.17, 15) is 19.7 Å². The fourth-order valence-corrected chi connectivity index (χ4v) is 2.93. The first-order valence-corrected chi connectivity index (χ1v) is 10.1. The lowest BCUT2D eigenvalue weighted by molar-refractivity contribution is -0.385. The average Bonchev–Trinajstić information content (AvgIpc) is 2.83. The van der Waals surface area contributed by atoms with Crippen molar-refractivity contribution in [3.63, 3.8) is 0 Å². The molecule has 0 fully saturated rings. The van der Waals surface area contributed by atoms with Crippen molar-refractivity contribution in [3.8, 4) is 17.2 Å². The molecule has 0 unspecified atom stereocenters. The van der Waals surface area contributed by atoms with Crippen LogP contribution in [0.1, 0.15) is 15.9 Å². The van der Waals surface area contributed by atoms with Crippen LogP contribution in [0.25, 0.3) is 0 Å². The number of methoxy groups -OCH3 is 1. The quantitative estimate of drug-likeness (QED) is 0.160. The Morgan fingerprint density at radius 2 is 1.79 bits per heavy atom. The number of nitrogens with zero attached hydrogens (tertiary/aromatic N) is 2. The summed E-state index contributed by atoms with van der Waals surface area (Å²) in [6, 6.07) is 16.9. The highest BCUT2D eigenvalue weighted by molar-refractivity contribution is 6.33. The molecule has 11 heteroatoms. The van der Waals surface area contributed by atoms with Crippen LogP contribution in [0, 0.1) is 10.1 Å². The summed E-state index contributed by atoms with van der Waals surface area (Å²) >= 11 is 6.02. The van der Waals surface area contributed by atoms with E-state index in [2.05, 4.69) is 10.5 Å². The van der Waals surface area contributed by atoms with Crippen LogP contribution in [0.4, 0.5) is 5.69 Å². The number of carbonyl (C=O) groups excluding carboxylic acids is 2. The maximum Gasteiger partial charge on any atom is 0.345 e. The standard InChI is InChI=1S/C23H18ClN3O7/c1-32-21-12-15(10-11-20(21)34-23(29)16-6-2-3-7-17(16)24)13-25-26-22(28)14-33-19-9-5-4-8-18(19)27(30)31/h2-13H,14H2,1H3,(H,26,28)/b25-13+. The molecule has 0 bridgehead atoms. The number of carbonyl (C=O) groups is 2. The molecule has 0 radical (unpaired) electrons. The normalized spacial score (nSPS) is 10.5. The lowest BCUT2D eigenvalue weighted by Crippen LogP contribution is -2.24. The van der Waals surface area contributed by atoms with E-state index in [4.69, 9.17) is 25.8 Å². The van der Waals surface area contributed by atoms with Gasteiger partial charge in [0.05, 0.1) is 28.8 Å². The van der Waals surface area contributed by atoms with E-state index in [0.717, 1.165) is 0 Å². The van der Waals surface area contributed by atoms with Crippen molar-refractivity contribution < 1.29 is 28.7 Å². The van der Waals surface area contributed by atoms with Crippen LogP contribution in [0.2, 0.25) is 5.02 Å². The van der Waals surface area contributed by atoms with Crippen LogP contribution >= 0.6 is 11.6 Å². The van der Waals surface area contributed by atoms with Crippen molar-refractivity contribution in [3.05, 3.63) is 93.0 Å². The van der Waals surface area contributed by atoms with Gasteiger partial charge in [-0.3, -0.25) is 14.9 Å². The van der Waals surface area contributed by atoms with Crippen molar-refractivity contribution in [2.24, 2.45) is 5.10 Å². The van der Waals surface area contributed by atoms with E-state index in [1.807, 2.05) is 0 Å². The van der Waals surface area contributed by atoms with Crippen LogP contribution < -0.4 is 19.6 Å². The summed E-state index contributed by atoms with van der Waals surface area (Å²) in [6.07, 6.45) is 1.34. The summed E-state index contributed by atoms with van der Waals surface area (Å²) in [5.74, 6) is -0.858. The predicted molar refractivity (Wildman–Crippen MR) is 124 cm³/mol. The minimum Gasteiger partial charge on any atom is -0.493 e. The Labute approximate surface area is 198 Å². The molecule has 3 aromatic rings. The highest BCUT2D eigenvalue weighted by atomic mass is 35.5. The summed E-state index contributed by atoms with van der Waals surface area (Å²) < 4.78 is 15.8. The molecule has 0 saturated carbocycles. The zero-order valence-electron chi connectivity index (χ0n) is 17.8. The first-order valence-electron chi connectivity index (χ1n) is 9.72. The lowest BCUT2D eigenvalue weighted by Gasteiger charge is -2.10. The SMILES string of the molecule is COc1cc(/C=N/NC(=O)COc2ccccc2[N+](=O)[O-])ccc1OC(=O)c1ccccc1Cl. The molecule has 3 rings (SSSR count). The number of hydrogen-bond donors (Lipinski definition) is 1. The van der Waals surface area contributed by atoms with Gasteiger partial charge in [0.25, 0.3) is 5.91 Å². The topological polar surface area (TPSA) is 129 Å². The van der Waals surface area contributed by atoms with Crippen LogP contribution in [-0.2, 0) is 4.79 Å². The second kappa shape index (κ2) is 11.4. The Morgan fingerprint density at radius 1 is 1.06 bits per heavy atom. The lowest BCUT2D eigenvalue weighted by atomic mass is 10.2. The number of benzene rings is 3. The number of halogens is 1. The van der Waals surface area contributed by atoms with Gasteiger partial charge in [-0.1, -0.05) is 35.9 Å². The third kappa shape index (κ3) is 6.30. The number of hydrogen-bond acceptors (Lipinski definition) is 8. The van der Waals surface area contributed by atoms with Gasteiger partial charge < -0.3 is 14.2 Å². The third-order valence-electron chi connectivity index (χ3n) is 4.31. The number of esters is 1. The second-order valence-corrected chi connectivity index (χ2v) is 6.99. The van der Waals surface area contributed by atoms with Crippen molar-refractivity contribution in [1.29, 1.82) is 0 Å². The van der Waals surface area contributed by atoms with Crippen molar-refractivity contribution in [2.75, 3.05) is 13.7 Å². The molecule has 1 amide bonds. The van der Waals surface area contributed by atoms with Gasteiger partial charge in [-0.2, -0.15) is 5.10 Å². The minimum atomic E-state index is -0.642. The molecule has 0 atom stereocenters.